The maximum Gasteiger partial charge on any atom is 3.00 e. The fourth-order valence-electron chi connectivity index (χ4n) is 0. The first-order valence-electron chi connectivity index (χ1n) is 2.00. The predicted octanol–water partition coefficient (Wildman–Crippen LogP) is -7.77. The van der Waals surface area contributed by atoms with E-state index in [2.05, 4.69) is 0 Å². The van der Waals surface area contributed by atoms with Crippen LogP contribution in [0.1, 0.15) is 0 Å². The molecule has 0 aliphatic heterocycles. The van der Waals surface area contributed by atoms with Crippen LogP contribution in [-0.4, -0.2) is 108 Å². The summed E-state index contributed by atoms with van der Waals surface area (Å²) in [5.74, 6) is 0. The first-order valence-corrected chi connectivity index (χ1v) is 6.00. The van der Waals surface area contributed by atoms with Crippen molar-refractivity contribution in [1.29, 1.82) is 0 Å². The summed E-state index contributed by atoms with van der Waals surface area (Å²) >= 11 is 0. The van der Waals surface area contributed by atoms with E-state index in [4.69, 9.17) is 52.6 Å². The van der Waals surface area contributed by atoms with Gasteiger partial charge in [0.2, 0.25) is 0 Å². The van der Waals surface area contributed by atoms with Gasteiger partial charge in [-0.15, -0.1) is 0 Å². The van der Waals surface area contributed by atoms with Gasteiger partial charge in [-0.3, -0.25) is 25.3 Å². The van der Waals surface area contributed by atoms with Gasteiger partial charge in [0.15, 0.2) is 0 Å². The van der Waals surface area contributed by atoms with Crippen LogP contribution in [0, 0.1) is 0 Å². The van der Waals surface area contributed by atoms with Gasteiger partial charge in [0.05, 0.1) is 0 Å². The normalized spacial score (nSPS) is 9.67. The van der Waals surface area contributed by atoms with Gasteiger partial charge in [-0.25, -0.2) is 0 Å². The third-order valence-corrected chi connectivity index (χ3v) is 0. The Bertz CT molecular complexity index is 348. The fourth-order valence-corrected chi connectivity index (χ4v) is 0. The van der Waals surface area contributed by atoms with Crippen molar-refractivity contribution < 1.29 is 104 Å². The predicted molar refractivity (Wildman–Crippen MR) is 42.9 cm³/mol. The summed E-state index contributed by atoms with van der Waals surface area (Å²) in [6.07, 6.45) is 0. The summed E-state index contributed by atoms with van der Waals surface area (Å²) in [4.78, 5) is 0. The summed E-state index contributed by atoms with van der Waals surface area (Å²) in [6, 6.07) is 0. The first kappa shape index (κ1) is 37.4. The molecule has 0 amide bonds. The van der Waals surface area contributed by atoms with Crippen molar-refractivity contribution in [2.24, 2.45) is 0 Å². The molecule has 0 spiro atoms. The maximum atomic E-state index is 8.52. The molecule has 0 atom stereocenters. The molecule has 0 radical (unpaired) electrons. The second kappa shape index (κ2) is 16.4. The van der Waals surface area contributed by atoms with Gasteiger partial charge in [0.1, 0.15) is 0 Å². The van der Waals surface area contributed by atoms with Crippen molar-refractivity contribution in [2.45, 2.75) is 0 Å². The van der Waals surface area contributed by atoms with Gasteiger partial charge in [0.25, 0.3) is 0 Å². The van der Waals surface area contributed by atoms with E-state index in [9.17, 15) is 0 Å². The third-order valence-electron chi connectivity index (χ3n) is 0. The fraction of sp³-hybridized carbons (Fsp3) is 0. The zero-order chi connectivity index (χ0) is 13.5. The molecule has 0 aromatic carbocycles. The number of hydrogen-bond acceptors (Lipinski definition) is 12. The molecule has 0 saturated heterocycles. The Balaban J connectivity index is -0.0000000277. The van der Waals surface area contributed by atoms with Crippen molar-refractivity contribution in [2.75, 3.05) is 0 Å². The van der Waals surface area contributed by atoms with Crippen LogP contribution >= 0.6 is 0 Å². The van der Waals surface area contributed by atoms with Crippen LogP contribution in [-0.2, 0) is 31.2 Å². The van der Waals surface area contributed by atoms with Crippen molar-refractivity contribution in [1.82, 2.24) is 0 Å². The van der Waals surface area contributed by atoms with Crippen LogP contribution in [0.3, 0.4) is 0 Å². The zero-order valence-electron chi connectivity index (χ0n) is 8.41. The smallest absolute Gasteiger partial charge is 0.759 e. The van der Waals surface area contributed by atoms with Gasteiger partial charge in [-0.2, -0.15) is 0 Å². The van der Waals surface area contributed by atoms with Gasteiger partial charge in [-0.1, -0.05) is 0 Å². The Morgan fingerprint density at radius 1 is 0.500 bits per heavy atom. The van der Waals surface area contributed by atoms with Crippen molar-refractivity contribution >= 4 is 86.3 Å². The van der Waals surface area contributed by atoms with Crippen LogP contribution in [0.15, 0.2) is 0 Å². The number of hydrogen-bond donors (Lipinski definition) is 0. The Morgan fingerprint density at radius 3 is 0.500 bits per heavy atom. The van der Waals surface area contributed by atoms with E-state index in [1.54, 1.807) is 0 Å². The minimum atomic E-state index is -5.17. The summed E-state index contributed by atoms with van der Waals surface area (Å²) in [5, 5.41) is 0. The molecule has 0 aromatic heterocycles. The summed E-state index contributed by atoms with van der Waals surface area (Å²) in [7, 11) is -15.5. The minimum Gasteiger partial charge on any atom is -0.759 e. The number of rotatable bonds is 0. The molecule has 18 heavy (non-hydrogen) atoms. The quantitative estimate of drug-likeness (QED) is 0.211. The summed E-state index contributed by atoms with van der Waals surface area (Å²) < 4.78 is 102. The largest absolute Gasteiger partial charge is 3.00 e. The standard InChI is InChI=1S/Al.Ca.K.3H2O4S/c;;;3*1-5(2,3)4/h;;;3*(H2,1,2,3,4)/q+3;+2;+1;;;/p-6. The molecule has 0 rings (SSSR count). The second-order valence-electron chi connectivity index (χ2n) is 1.22. The van der Waals surface area contributed by atoms with Crippen LogP contribution in [0.4, 0.5) is 0 Å². The van der Waals surface area contributed by atoms with E-state index >= 15 is 0 Å². The molecule has 0 aliphatic rings. The maximum absolute atomic E-state index is 8.52. The van der Waals surface area contributed by atoms with Crippen LogP contribution in [0.5, 0.6) is 0 Å². The molecule has 0 saturated carbocycles. The molecule has 0 N–H and O–H groups in total. The zero-order valence-corrected chi connectivity index (χ0v) is 17.3. The van der Waals surface area contributed by atoms with Crippen molar-refractivity contribution in [3.8, 4) is 0 Å². The first-order chi connectivity index (χ1) is 6.00. The Morgan fingerprint density at radius 2 is 0.500 bits per heavy atom. The van der Waals surface area contributed by atoms with Crippen LogP contribution in [0.2, 0.25) is 0 Å². The third kappa shape index (κ3) is 671. The average molecular weight is 394 g/mol. The minimum absolute atomic E-state index is 0. The Kier molecular flexibility index (Phi) is 34.1. The molecule has 96 valence electrons. The summed E-state index contributed by atoms with van der Waals surface area (Å²) in [6.45, 7) is 0. The molecule has 0 aliphatic carbocycles. The van der Waals surface area contributed by atoms with E-state index < -0.39 is 31.2 Å². The van der Waals surface area contributed by atoms with E-state index in [1.807, 2.05) is 0 Å². The average Bonchev–Trinajstić information content (AvgIpc) is 1.41. The van der Waals surface area contributed by atoms with E-state index in [1.165, 1.54) is 0 Å². The van der Waals surface area contributed by atoms with E-state index in [0.717, 1.165) is 0 Å². The molecular formula is AlCaKO12S3. The van der Waals surface area contributed by atoms with Crippen molar-refractivity contribution in [3.63, 3.8) is 0 Å². The van der Waals surface area contributed by atoms with Gasteiger partial charge in [-0.05, 0) is 0 Å². The molecule has 0 bridgehead atoms. The monoisotopic (exact) mass is 394 g/mol. The SMILES string of the molecule is O=S(=O)([O-])[O-].O=S(=O)([O-])[O-].O=S(=O)([O-])[O-].[Al+3].[Ca+2].[K+]. The van der Waals surface area contributed by atoms with Gasteiger partial charge < -0.3 is 27.3 Å². The topological polar surface area (TPSA) is 241 Å². The molecular weight excluding hydrogens is 394 g/mol. The van der Waals surface area contributed by atoms with Gasteiger partial charge >= 0.3 is 106 Å². The molecule has 0 unspecified atom stereocenters. The Hall–Kier alpha value is 3.04. The second-order valence-corrected chi connectivity index (χ2v) is 3.67. The molecule has 0 heterocycles. The van der Waals surface area contributed by atoms with Crippen LogP contribution in [0.25, 0.3) is 0 Å². The van der Waals surface area contributed by atoms with Gasteiger partial charge in [0, 0.05) is 31.2 Å². The summed E-state index contributed by atoms with van der Waals surface area (Å²) in [5.41, 5.74) is 0. The molecule has 0 fully saturated rings. The molecule has 0 aromatic rings. The molecule has 12 nitrogen and oxygen atoms in total. The Labute approximate surface area is 186 Å². The van der Waals surface area contributed by atoms with Crippen LogP contribution < -0.4 is 51.4 Å². The molecule has 18 heteroatoms. The van der Waals surface area contributed by atoms with E-state index in [-0.39, 0.29) is 106 Å². The van der Waals surface area contributed by atoms with Crippen molar-refractivity contribution in [3.05, 3.63) is 0 Å². The van der Waals surface area contributed by atoms with E-state index in [0.29, 0.717) is 0 Å².